The molecule has 136 valence electrons. The van der Waals surface area contributed by atoms with Crippen LogP contribution < -0.4 is 12.4 Å². The van der Waals surface area contributed by atoms with Gasteiger partial charge >= 0.3 is 5.97 Å². The molecule has 0 saturated heterocycles. The molecule has 0 N–H and O–H groups in total. The SMILES string of the molecule is CCOC(=O)c1nc2cc3n(c(CC(C)C)c-2c1C)CC(C)=C3C.[Cl-]. The summed E-state index contributed by atoms with van der Waals surface area (Å²) in [4.78, 5) is 16.9. The Hall–Kier alpha value is -1.81. The Labute approximate surface area is 156 Å². The zero-order valence-corrected chi connectivity index (χ0v) is 16.6. The molecule has 3 aliphatic rings. The summed E-state index contributed by atoms with van der Waals surface area (Å²) in [7, 11) is 0. The van der Waals surface area contributed by atoms with E-state index in [0.717, 1.165) is 29.8 Å². The molecule has 3 rings (SSSR count). The van der Waals surface area contributed by atoms with Gasteiger partial charge in [0.2, 0.25) is 0 Å². The normalized spacial score (nSPS) is 13.4. The Kier molecular flexibility index (Phi) is 5.62. The van der Waals surface area contributed by atoms with Crippen molar-refractivity contribution >= 4 is 11.5 Å². The zero-order chi connectivity index (χ0) is 17.6. The van der Waals surface area contributed by atoms with E-state index in [1.165, 1.54) is 22.5 Å². The number of rotatable bonds is 4. The van der Waals surface area contributed by atoms with Gasteiger partial charge in [-0.15, -0.1) is 0 Å². The average Bonchev–Trinajstić information content (AvgIpc) is 2.98. The van der Waals surface area contributed by atoms with Crippen molar-refractivity contribution in [3.05, 3.63) is 34.3 Å². The van der Waals surface area contributed by atoms with Gasteiger partial charge in [-0.05, 0) is 62.8 Å². The molecule has 0 unspecified atom stereocenters. The second-order valence-corrected chi connectivity index (χ2v) is 7.13. The van der Waals surface area contributed by atoms with E-state index in [0.29, 0.717) is 18.2 Å². The summed E-state index contributed by atoms with van der Waals surface area (Å²) in [5, 5.41) is 0. The Morgan fingerprint density at radius 3 is 2.60 bits per heavy atom. The number of aromatic nitrogens is 2. The van der Waals surface area contributed by atoms with E-state index >= 15 is 0 Å². The van der Waals surface area contributed by atoms with Gasteiger partial charge in [-0.2, -0.15) is 0 Å². The van der Waals surface area contributed by atoms with Crippen molar-refractivity contribution in [1.82, 2.24) is 9.55 Å². The van der Waals surface area contributed by atoms with Crippen LogP contribution in [0, 0.1) is 12.8 Å². The first-order valence-electron chi connectivity index (χ1n) is 8.71. The topological polar surface area (TPSA) is 44.1 Å². The van der Waals surface area contributed by atoms with E-state index < -0.39 is 0 Å². The predicted octanol–water partition coefficient (Wildman–Crippen LogP) is 1.48. The van der Waals surface area contributed by atoms with Gasteiger partial charge in [-0.3, -0.25) is 0 Å². The lowest BCUT2D eigenvalue weighted by molar-refractivity contribution is -0.0000235. The molecule has 0 aromatic heterocycles. The first-order chi connectivity index (χ1) is 11.3. The van der Waals surface area contributed by atoms with Crippen LogP contribution in [0.5, 0.6) is 0 Å². The molecule has 0 bridgehead atoms. The van der Waals surface area contributed by atoms with Gasteiger partial charge < -0.3 is 21.7 Å². The fourth-order valence-corrected chi connectivity index (χ4v) is 3.59. The lowest BCUT2D eigenvalue weighted by atomic mass is 9.97. The van der Waals surface area contributed by atoms with Gasteiger partial charge in [0, 0.05) is 23.5 Å². The van der Waals surface area contributed by atoms with E-state index in [1.54, 1.807) is 0 Å². The number of pyridine rings is 1. The number of carbonyl (C=O) groups is 1. The number of halogens is 1. The molecule has 3 heterocycles. The highest BCUT2D eigenvalue weighted by molar-refractivity contribution is 5.94. The van der Waals surface area contributed by atoms with Crippen LogP contribution in [0.15, 0.2) is 11.6 Å². The molecule has 0 aromatic rings. The van der Waals surface area contributed by atoms with Crippen molar-refractivity contribution < 1.29 is 21.9 Å². The summed E-state index contributed by atoms with van der Waals surface area (Å²) in [6.45, 7) is 13.9. The maximum atomic E-state index is 12.2. The van der Waals surface area contributed by atoms with Crippen LogP contribution in [0.1, 0.15) is 62.1 Å². The fraction of sp³-hybridized carbons (Fsp3) is 0.500. The second kappa shape index (κ2) is 7.20. The average molecular weight is 362 g/mol. The molecular weight excluding hydrogens is 336 g/mol. The molecule has 4 nitrogen and oxygen atoms in total. The first-order valence-corrected chi connectivity index (χ1v) is 8.71. The number of esters is 1. The number of hydrogen-bond acceptors (Lipinski definition) is 3. The summed E-state index contributed by atoms with van der Waals surface area (Å²) in [6.07, 6.45) is 0.972. The molecular formula is C20H26ClN2O2-. The molecule has 0 aromatic carbocycles. The Morgan fingerprint density at radius 1 is 1.32 bits per heavy atom. The van der Waals surface area contributed by atoms with Crippen molar-refractivity contribution in [3.63, 3.8) is 0 Å². The summed E-state index contributed by atoms with van der Waals surface area (Å²) in [5.41, 5.74) is 8.66. The van der Waals surface area contributed by atoms with Gasteiger partial charge in [0.1, 0.15) is 0 Å². The van der Waals surface area contributed by atoms with Crippen molar-refractivity contribution in [2.45, 2.75) is 54.5 Å². The standard InChI is InChI=1S/C20H26N2O2.ClH/c1-7-24-20(23)19-14(6)18-15(21-19)9-16-13(5)12(4)10-22(16)17(18)8-11(2)3;/h9,11H,7-8,10H2,1-6H3;1H/p-1. The maximum absolute atomic E-state index is 12.2. The third-order valence-electron chi connectivity index (χ3n) is 4.89. The highest BCUT2D eigenvalue weighted by atomic mass is 35.5. The summed E-state index contributed by atoms with van der Waals surface area (Å²) < 4.78 is 7.58. The lowest BCUT2D eigenvalue weighted by Gasteiger charge is -2.20. The minimum Gasteiger partial charge on any atom is -1.00 e. The van der Waals surface area contributed by atoms with Gasteiger partial charge in [-0.25, -0.2) is 9.78 Å². The summed E-state index contributed by atoms with van der Waals surface area (Å²) >= 11 is 0. The number of carbonyl (C=O) groups excluding carboxylic acids is 1. The Bertz CT molecular complexity index is 818. The molecule has 5 heteroatoms. The monoisotopic (exact) mass is 361 g/mol. The van der Waals surface area contributed by atoms with Gasteiger partial charge in [0.05, 0.1) is 12.3 Å². The van der Waals surface area contributed by atoms with Crippen LogP contribution in [0.2, 0.25) is 0 Å². The van der Waals surface area contributed by atoms with Gasteiger partial charge in [0.15, 0.2) is 5.69 Å². The molecule has 25 heavy (non-hydrogen) atoms. The molecule has 0 aliphatic carbocycles. The van der Waals surface area contributed by atoms with Crippen molar-refractivity contribution in [3.8, 4) is 11.3 Å². The molecule has 0 fully saturated rings. The molecule has 3 aliphatic heterocycles. The highest BCUT2D eigenvalue weighted by Crippen LogP contribution is 2.39. The summed E-state index contributed by atoms with van der Waals surface area (Å²) in [6, 6.07) is 2.13. The maximum Gasteiger partial charge on any atom is 0.357 e. The van der Waals surface area contributed by atoms with Crippen LogP contribution in [0.4, 0.5) is 0 Å². The van der Waals surface area contributed by atoms with Crippen molar-refractivity contribution in [1.29, 1.82) is 0 Å². The van der Waals surface area contributed by atoms with E-state index in [2.05, 4.69) is 43.3 Å². The van der Waals surface area contributed by atoms with Crippen molar-refractivity contribution in [2.24, 2.45) is 5.92 Å². The molecule has 0 saturated carbocycles. The fourth-order valence-electron chi connectivity index (χ4n) is 3.59. The Balaban J connectivity index is 0.00000225. The minimum absolute atomic E-state index is 0. The second-order valence-electron chi connectivity index (χ2n) is 7.13. The smallest absolute Gasteiger partial charge is 0.357 e. The molecule has 0 spiro atoms. The van der Waals surface area contributed by atoms with E-state index in [1.807, 2.05) is 13.8 Å². The van der Waals surface area contributed by atoms with E-state index in [9.17, 15) is 4.79 Å². The largest absolute Gasteiger partial charge is 1.00 e. The Morgan fingerprint density at radius 2 is 2.00 bits per heavy atom. The molecule has 0 radical (unpaired) electrons. The van der Waals surface area contributed by atoms with E-state index in [4.69, 9.17) is 4.74 Å². The minimum atomic E-state index is -0.324. The van der Waals surface area contributed by atoms with Crippen LogP contribution in [0.25, 0.3) is 16.8 Å². The third-order valence-corrected chi connectivity index (χ3v) is 4.89. The molecule has 0 atom stereocenters. The predicted molar refractivity (Wildman–Crippen MR) is 96.4 cm³/mol. The highest BCUT2D eigenvalue weighted by Gasteiger charge is 2.29. The van der Waals surface area contributed by atoms with Crippen LogP contribution in [0.3, 0.4) is 0 Å². The number of fused-ring (bicyclic) bond motifs is 2. The van der Waals surface area contributed by atoms with Gasteiger partial charge in [-0.1, -0.05) is 13.8 Å². The quantitative estimate of drug-likeness (QED) is 0.775. The van der Waals surface area contributed by atoms with Crippen LogP contribution in [-0.2, 0) is 17.7 Å². The molecule has 0 amide bonds. The van der Waals surface area contributed by atoms with Crippen molar-refractivity contribution in [2.75, 3.05) is 6.61 Å². The van der Waals surface area contributed by atoms with Gasteiger partial charge in [0.25, 0.3) is 0 Å². The van der Waals surface area contributed by atoms with Crippen LogP contribution in [-0.4, -0.2) is 22.1 Å². The lowest BCUT2D eigenvalue weighted by Crippen LogP contribution is -3.00. The first kappa shape index (κ1) is 19.5. The zero-order valence-electron chi connectivity index (χ0n) is 15.9. The summed E-state index contributed by atoms with van der Waals surface area (Å²) in [5.74, 6) is 0.212. The van der Waals surface area contributed by atoms with Crippen LogP contribution >= 0.6 is 0 Å². The number of ether oxygens (including phenoxy) is 1. The third kappa shape index (κ3) is 3.20. The number of allylic oxidation sites excluding steroid dienone is 2. The number of hydrogen-bond donors (Lipinski definition) is 0. The van der Waals surface area contributed by atoms with E-state index in [-0.39, 0.29) is 18.4 Å². The number of nitrogens with zero attached hydrogens (tertiary/aromatic N) is 2.